The average Bonchev–Trinajstić information content (AvgIpc) is 2.88. The molecule has 0 bridgehead atoms. The number of ketones is 2. The van der Waals surface area contributed by atoms with Crippen molar-refractivity contribution in [1.82, 2.24) is 0 Å². The van der Waals surface area contributed by atoms with Crippen LogP contribution < -0.4 is 0 Å². The van der Waals surface area contributed by atoms with Gasteiger partial charge in [-0.05, 0) is 47.5 Å². The summed E-state index contributed by atoms with van der Waals surface area (Å²) in [5.74, 6) is -4.13. The van der Waals surface area contributed by atoms with E-state index in [2.05, 4.69) is 0 Å². The van der Waals surface area contributed by atoms with Gasteiger partial charge in [-0.1, -0.05) is 24.3 Å². The molecular formula is C27H28O12. The summed E-state index contributed by atoms with van der Waals surface area (Å²) >= 11 is 0. The Bertz CT molecular complexity index is 1280. The minimum Gasteiger partial charge on any atom is -0.504 e. The van der Waals surface area contributed by atoms with Crippen LogP contribution in [0.4, 0.5) is 0 Å². The zero-order valence-electron chi connectivity index (χ0n) is 20.5. The molecule has 1 aliphatic rings. The average molecular weight is 545 g/mol. The monoisotopic (exact) mass is 544 g/mol. The number of ether oxygens (including phenoxy) is 2. The number of aliphatic carboxylic acids is 1. The van der Waals surface area contributed by atoms with Gasteiger partial charge in [0.1, 0.15) is 19.3 Å². The van der Waals surface area contributed by atoms with Crippen LogP contribution in [0.25, 0.3) is 12.2 Å². The summed E-state index contributed by atoms with van der Waals surface area (Å²) in [7, 11) is 0. The van der Waals surface area contributed by atoms with Crippen molar-refractivity contribution < 1.29 is 59.6 Å². The van der Waals surface area contributed by atoms with Gasteiger partial charge < -0.3 is 45.2 Å². The standard InChI is InChI=1S/C27H28O12/c28-17(5-1-15-3-7-19(30)21(32)9-15)13-38-24-12-27(37,26(35)36)11-23(34)25(24)39-14-18(29)6-2-16-4-8-20(31)22(33)10-16/h1-10,23-25,30-34,37H,11-14H2,(H,35,36)/b5-1+,6-2+/t23-,24-,25+,27-/m1/s1. The molecule has 0 unspecified atom stereocenters. The fourth-order valence-corrected chi connectivity index (χ4v) is 3.92. The molecule has 1 aliphatic carbocycles. The smallest absolute Gasteiger partial charge is 0.335 e. The molecule has 3 rings (SSSR count). The molecule has 1 saturated carbocycles. The number of phenols is 4. The van der Waals surface area contributed by atoms with Crippen molar-refractivity contribution in [3.8, 4) is 23.0 Å². The first-order valence-electron chi connectivity index (χ1n) is 11.7. The van der Waals surface area contributed by atoms with Crippen LogP contribution >= 0.6 is 0 Å². The summed E-state index contributed by atoms with van der Waals surface area (Å²) in [4.78, 5) is 36.2. The normalized spacial score (nSPS) is 23.3. The van der Waals surface area contributed by atoms with Crippen LogP contribution in [0.1, 0.15) is 24.0 Å². The number of carboxylic acids is 1. The predicted octanol–water partition coefficient (Wildman–Crippen LogP) is 1.11. The van der Waals surface area contributed by atoms with Gasteiger partial charge in [0, 0.05) is 12.8 Å². The lowest BCUT2D eigenvalue weighted by Crippen LogP contribution is -2.58. The summed E-state index contributed by atoms with van der Waals surface area (Å²) in [5.41, 5.74) is -1.53. The highest BCUT2D eigenvalue weighted by atomic mass is 16.6. The number of carboxylic acid groups (broad SMARTS) is 1. The number of hydrogen-bond acceptors (Lipinski definition) is 11. The number of hydrogen-bond donors (Lipinski definition) is 7. The second-order valence-corrected chi connectivity index (χ2v) is 9.03. The molecular weight excluding hydrogens is 516 g/mol. The van der Waals surface area contributed by atoms with Crippen LogP contribution in [-0.2, 0) is 23.9 Å². The maximum absolute atomic E-state index is 12.3. The molecule has 2 aromatic rings. The van der Waals surface area contributed by atoms with E-state index >= 15 is 0 Å². The summed E-state index contributed by atoms with van der Waals surface area (Å²) < 4.78 is 11.0. The Morgan fingerprint density at radius 1 is 0.795 bits per heavy atom. The molecule has 208 valence electrons. The van der Waals surface area contributed by atoms with Gasteiger partial charge in [-0.25, -0.2) is 4.79 Å². The van der Waals surface area contributed by atoms with Crippen LogP contribution in [0, 0.1) is 0 Å². The number of aromatic hydroxyl groups is 4. The molecule has 39 heavy (non-hydrogen) atoms. The topological polar surface area (TPSA) is 211 Å². The SMILES string of the molecule is O=C(/C=C/c1ccc(O)c(O)c1)CO[C@H]1[C@H](O)C[C@](O)(C(=O)O)C[C@H]1OCC(=O)/C=C/c1ccc(O)c(O)c1. The van der Waals surface area contributed by atoms with Crippen molar-refractivity contribution >= 4 is 29.7 Å². The molecule has 0 radical (unpaired) electrons. The third-order valence-corrected chi connectivity index (χ3v) is 6.01. The summed E-state index contributed by atoms with van der Waals surface area (Å²) in [6.45, 7) is -1.13. The number of carbonyl (C=O) groups excluding carboxylic acids is 2. The number of rotatable bonds is 11. The zero-order valence-corrected chi connectivity index (χ0v) is 20.5. The van der Waals surface area contributed by atoms with E-state index in [0.29, 0.717) is 11.1 Å². The molecule has 4 atom stereocenters. The Hall–Kier alpha value is -4.23. The van der Waals surface area contributed by atoms with Gasteiger partial charge >= 0.3 is 5.97 Å². The maximum Gasteiger partial charge on any atom is 0.335 e. The maximum atomic E-state index is 12.3. The van der Waals surface area contributed by atoms with Crippen molar-refractivity contribution in [3.05, 3.63) is 59.7 Å². The Balaban J connectivity index is 1.64. The molecule has 12 nitrogen and oxygen atoms in total. The zero-order chi connectivity index (χ0) is 28.7. The minimum absolute atomic E-state index is 0.325. The molecule has 0 amide bonds. The van der Waals surface area contributed by atoms with Crippen molar-refractivity contribution in [2.75, 3.05) is 13.2 Å². The first-order valence-corrected chi connectivity index (χ1v) is 11.7. The van der Waals surface area contributed by atoms with Crippen LogP contribution in [-0.4, -0.2) is 90.4 Å². The lowest BCUT2D eigenvalue weighted by atomic mass is 9.79. The van der Waals surface area contributed by atoms with Gasteiger partial charge in [0.15, 0.2) is 40.2 Å². The van der Waals surface area contributed by atoms with Crippen LogP contribution in [0.15, 0.2) is 48.6 Å². The van der Waals surface area contributed by atoms with E-state index in [9.17, 15) is 50.1 Å². The lowest BCUT2D eigenvalue weighted by molar-refractivity contribution is -0.202. The van der Waals surface area contributed by atoms with E-state index in [1.54, 1.807) is 0 Å². The molecule has 7 N–H and O–H groups in total. The highest BCUT2D eigenvalue weighted by molar-refractivity contribution is 5.95. The number of carbonyl (C=O) groups is 3. The fourth-order valence-electron chi connectivity index (χ4n) is 3.92. The minimum atomic E-state index is -2.35. The summed E-state index contributed by atoms with van der Waals surface area (Å²) in [5, 5.41) is 68.2. The van der Waals surface area contributed by atoms with Crippen LogP contribution in [0.2, 0.25) is 0 Å². The molecule has 0 heterocycles. The van der Waals surface area contributed by atoms with Gasteiger partial charge in [0.2, 0.25) is 0 Å². The molecule has 0 spiro atoms. The first-order chi connectivity index (χ1) is 18.4. The first kappa shape index (κ1) is 29.3. The highest BCUT2D eigenvalue weighted by Crippen LogP contribution is 2.33. The molecule has 1 fully saturated rings. The van der Waals surface area contributed by atoms with Gasteiger partial charge in [-0.3, -0.25) is 9.59 Å². The third kappa shape index (κ3) is 7.88. The number of aliphatic hydroxyl groups is 2. The molecule has 0 aliphatic heterocycles. The largest absolute Gasteiger partial charge is 0.504 e. The molecule has 0 aromatic heterocycles. The summed E-state index contributed by atoms with van der Waals surface area (Å²) in [6.07, 6.45) is -0.202. The fraction of sp³-hybridized carbons (Fsp3) is 0.296. The molecule has 2 aromatic carbocycles. The van der Waals surface area contributed by atoms with E-state index in [0.717, 1.165) is 12.2 Å². The van der Waals surface area contributed by atoms with E-state index in [1.165, 1.54) is 48.6 Å². The van der Waals surface area contributed by atoms with E-state index in [4.69, 9.17) is 9.47 Å². The Morgan fingerprint density at radius 2 is 1.28 bits per heavy atom. The Labute approximate surface area is 222 Å². The lowest BCUT2D eigenvalue weighted by Gasteiger charge is -2.41. The summed E-state index contributed by atoms with van der Waals surface area (Å²) in [6, 6.07) is 7.84. The second-order valence-electron chi connectivity index (χ2n) is 9.03. The second kappa shape index (κ2) is 12.5. The van der Waals surface area contributed by atoms with Crippen molar-refractivity contribution in [2.24, 2.45) is 0 Å². The quantitative estimate of drug-likeness (QED) is 0.157. The van der Waals surface area contributed by atoms with Crippen molar-refractivity contribution in [2.45, 2.75) is 36.8 Å². The van der Waals surface area contributed by atoms with Crippen molar-refractivity contribution in [3.63, 3.8) is 0 Å². The third-order valence-electron chi connectivity index (χ3n) is 6.01. The van der Waals surface area contributed by atoms with Gasteiger partial charge in [0.25, 0.3) is 0 Å². The number of phenolic OH excluding ortho intramolecular Hbond substituents is 4. The predicted molar refractivity (Wildman–Crippen MR) is 135 cm³/mol. The van der Waals surface area contributed by atoms with Crippen LogP contribution in [0.5, 0.6) is 23.0 Å². The highest BCUT2D eigenvalue weighted by Gasteiger charge is 2.50. The molecule has 12 heteroatoms. The molecule has 0 saturated heterocycles. The Morgan fingerprint density at radius 3 is 1.74 bits per heavy atom. The van der Waals surface area contributed by atoms with Gasteiger partial charge in [-0.15, -0.1) is 0 Å². The van der Waals surface area contributed by atoms with Gasteiger partial charge in [-0.2, -0.15) is 0 Å². The van der Waals surface area contributed by atoms with E-state index in [1.807, 2.05) is 0 Å². The van der Waals surface area contributed by atoms with Crippen LogP contribution in [0.3, 0.4) is 0 Å². The number of benzene rings is 2. The van der Waals surface area contributed by atoms with E-state index in [-0.39, 0.29) is 23.0 Å². The van der Waals surface area contributed by atoms with Crippen molar-refractivity contribution in [1.29, 1.82) is 0 Å². The van der Waals surface area contributed by atoms with Gasteiger partial charge in [0.05, 0.1) is 12.2 Å². The Kier molecular flexibility index (Phi) is 9.43. The number of aliphatic hydroxyl groups excluding tert-OH is 1. The van der Waals surface area contributed by atoms with E-state index < -0.39 is 67.5 Å².